The van der Waals surface area contributed by atoms with Crippen LogP contribution in [0.2, 0.25) is 0 Å². The molecule has 146 valence electrons. The van der Waals surface area contributed by atoms with Crippen molar-refractivity contribution >= 4 is 22.6 Å². The average Bonchev–Trinajstić information content (AvgIpc) is 3.16. The van der Waals surface area contributed by atoms with Gasteiger partial charge in [-0.05, 0) is 48.2 Å². The molecule has 0 saturated carbocycles. The SMILES string of the molecule is Cc1ccccc1CNc1cc(C(=O)NCCc2c[nH]c3ccccc23)ccn1. The van der Waals surface area contributed by atoms with Crippen molar-refractivity contribution < 1.29 is 4.79 Å². The van der Waals surface area contributed by atoms with Crippen LogP contribution in [0.3, 0.4) is 0 Å². The van der Waals surface area contributed by atoms with E-state index in [0.717, 1.165) is 11.9 Å². The van der Waals surface area contributed by atoms with Crippen molar-refractivity contribution in [2.75, 3.05) is 11.9 Å². The first-order valence-corrected chi connectivity index (χ1v) is 9.78. The van der Waals surface area contributed by atoms with Gasteiger partial charge in [0.2, 0.25) is 0 Å². The third kappa shape index (κ3) is 4.46. The van der Waals surface area contributed by atoms with E-state index in [-0.39, 0.29) is 5.91 Å². The number of benzene rings is 2. The molecule has 0 radical (unpaired) electrons. The zero-order valence-corrected chi connectivity index (χ0v) is 16.4. The molecule has 29 heavy (non-hydrogen) atoms. The summed E-state index contributed by atoms with van der Waals surface area (Å²) in [4.78, 5) is 20.1. The van der Waals surface area contributed by atoms with Crippen LogP contribution in [-0.2, 0) is 13.0 Å². The molecule has 0 saturated heterocycles. The summed E-state index contributed by atoms with van der Waals surface area (Å²) in [7, 11) is 0. The van der Waals surface area contributed by atoms with E-state index in [1.165, 1.54) is 22.1 Å². The Morgan fingerprint density at radius 3 is 2.76 bits per heavy atom. The van der Waals surface area contributed by atoms with Crippen molar-refractivity contribution in [1.29, 1.82) is 0 Å². The zero-order chi connectivity index (χ0) is 20.1. The number of carbonyl (C=O) groups is 1. The number of carbonyl (C=O) groups excluding carboxylic acids is 1. The van der Waals surface area contributed by atoms with Gasteiger partial charge in [0.1, 0.15) is 5.82 Å². The van der Waals surface area contributed by atoms with Gasteiger partial charge >= 0.3 is 0 Å². The topological polar surface area (TPSA) is 69.8 Å². The minimum Gasteiger partial charge on any atom is -0.366 e. The number of rotatable bonds is 7. The Labute approximate surface area is 170 Å². The highest BCUT2D eigenvalue weighted by Gasteiger charge is 2.08. The smallest absolute Gasteiger partial charge is 0.251 e. The summed E-state index contributed by atoms with van der Waals surface area (Å²) in [6.45, 7) is 3.34. The lowest BCUT2D eigenvalue weighted by Crippen LogP contribution is -2.25. The van der Waals surface area contributed by atoms with Gasteiger partial charge < -0.3 is 15.6 Å². The second-order valence-electron chi connectivity index (χ2n) is 7.08. The fraction of sp³-hybridized carbons (Fsp3) is 0.167. The summed E-state index contributed by atoms with van der Waals surface area (Å²) >= 11 is 0. The monoisotopic (exact) mass is 384 g/mol. The van der Waals surface area contributed by atoms with Gasteiger partial charge in [-0.2, -0.15) is 0 Å². The van der Waals surface area contributed by atoms with Gasteiger partial charge in [0.05, 0.1) is 0 Å². The van der Waals surface area contributed by atoms with Gasteiger partial charge in [-0.3, -0.25) is 4.79 Å². The number of hydrogen-bond donors (Lipinski definition) is 3. The molecule has 0 atom stereocenters. The Morgan fingerprint density at radius 1 is 1.03 bits per heavy atom. The second-order valence-corrected chi connectivity index (χ2v) is 7.08. The average molecular weight is 384 g/mol. The predicted octanol–water partition coefficient (Wildman–Crippen LogP) is 4.46. The van der Waals surface area contributed by atoms with E-state index in [1.54, 1.807) is 18.3 Å². The van der Waals surface area contributed by atoms with Gasteiger partial charge in [0.25, 0.3) is 5.91 Å². The number of aromatic nitrogens is 2. The lowest BCUT2D eigenvalue weighted by atomic mass is 10.1. The van der Waals surface area contributed by atoms with E-state index >= 15 is 0 Å². The van der Waals surface area contributed by atoms with Crippen LogP contribution in [0.1, 0.15) is 27.0 Å². The molecule has 2 aromatic carbocycles. The predicted molar refractivity (Wildman–Crippen MR) is 117 cm³/mol. The summed E-state index contributed by atoms with van der Waals surface area (Å²) in [6, 6.07) is 19.9. The number of amides is 1. The maximum absolute atomic E-state index is 12.5. The molecule has 5 heteroatoms. The number of aromatic amines is 1. The summed E-state index contributed by atoms with van der Waals surface area (Å²) in [5.74, 6) is 0.601. The minimum atomic E-state index is -0.0915. The minimum absolute atomic E-state index is 0.0915. The fourth-order valence-corrected chi connectivity index (χ4v) is 3.41. The first kappa shape index (κ1) is 18.7. The van der Waals surface area contributed by atoms with E-state index in [2.05, 4.69) is 51.8 Å². The Hall–Kier alpha value is -3.60. The normalized spacial score (nSPS) is 10.8. The van der Waals surface area contributed by atoms with Gasteiger partial charge in [-0.25, -0.2) is 4.98 Å². The van der Waals surface area contributed by atoms with Crippen LogP contribution in [0.4, 0.5) is 5.82 Å². The lowest BCUT2D eigenvalue weighted by molar-refractivity contribution is 0.0954. The number of pyridine rings is 1. The molecule has 1 amide bonds. The highest BCUT2D eigenvalue weighted by atomic mass is 16.1. The quantitative estimate of drug-likeness (QED) is 0.441. The maximum atomic E-state index is 12.5. The molecule has 0 aliphatic heterocycles. The van der Waals surface area contributed by atoms with E-state index in [9.17, 15) is 4.79 Å². The van der Waals surface area contributed by atoms with Crippen LogP contribution in [0.5, 0.6) is 0 Å². The third-order valence-electron chi connectivity index (χ3n) is 5.10. The molecule has 2 aromatic heterocycles. The number of anilines is 1. The van der Waals surface area contributed by atoms with Crippen molar-refractivity contribution in [1.82, 2.24) is 15.3 Å². The summed E-state index contributed by atoms with van der Waals surface area (Å²) in [5, 5.41) is 7.51. The van der Waals surface area contributed by atoms with Crippen molar-refractivity contribution in [3.63, 3.8) is 0 Å². The summed E-state index contributed by atoms with van der Waals surface area (Å²) in [5.41, 5.74) is 5.36. The number of para-hydroxylation sites is 1. The molecule has 0 aliphatic rings. The number of aryl methyl sites for hydroxylation is 1. The van der Waals surface area contributed by atoms with Gasteiger partial charge in [-0.15, -0.1) is 0 Å². The highest BCUT2D eigenvalue weighted by Crippen LogP contribution is 2.18. The Kier molecular flexibility index (Phi) is 5.56. The zero-order valence-electron chi connectivity index (χ0n) is 16.4. The number of fused-ring (bicyclic) bond motifs is 1. The maximum Gasteiger partial charge on any atom is 0.251 e. The third-order valence-corrected chi connectivity index (χ3v) is 5.10. The Bertz CT molecular complexity index is 1130. The highest BCUT2D eigenvalue weighted by molar-refractivity contribution is 5.94. The number of nitrogens with one attached hydrogen (secondary N) is 3. The molecule has 4 rings (SSSR count). The van der Waals surface area contributed by atoms with Crippen molar-refractivity contribution in [2.24, 2.45) is 0 Å². The number of H-pyrrole nitrogens is 1. The molecule has 0 fully saturated rings. The molecule has 2 heterocycles. The van der Waals surface area contributed by atoms with Crippen molar-refractivity contribution in [3.05, 3.63) is 95.3 Å². The van der Waals surface area contributed by atoms with E-state index in [1.807, 2.05) is 30.5 Å². The van der Waals surface area contributed by atoms with Crippen molar-refractivity contribution in [3.8, 4) is 0 Å². The molecule has 0 bridgehead atoms. The number of nitrogens with zero attached hydrogens (tertiary/aromatic N) is 1. The molecule has 0 aliphatic carbocycles. The van der Waals surface area contributed by atoms with Gasteiger partial charge in [0, 0.05) is 41.9 Å². The molecule has 0 spiro atoms. The van der Waals surface area contributed by atoms with Crippen LogP contribution >= 0.6 is 0 Å². The first-order chi connectivity index (χ1) is 14.2. The van der Waals surface area contributed by atoms with Crippen LogP contribution < -0.4 is 10.6 Å². The van der Waals surface area contributed by atoms with Crippen LogP contribution in [-0.4, -0.2) is 22.4 Å². The fourth-order valence-electron chi connectivity index (χ4n) is 3.41. The molecule has 5 nitrogen and oxygen atoms in total. The van der Waals surface area contributed by atoms with Crippen LogP contribution in [0.25, 0.3) is 10.9 Å². The standard InChI is InChI=1S/C24H24N4O/c1-17-6-2-3-7-19(17)15-28-23-14-18(10-12-25-23)24(29)26-13-11-20-16-27-22-9-5-4-8-21(20)22/h2-10,12,14,16,27H,11,13,15H2,1H3,(H,25,28)(H,26,29). The summed E-state index contributed by atoms with van der Waals surface area (Å²) in [6.07, 6.45) is 4.45. The largest absolute Gasteiger partial charge is 0.366 e. The van der Waals surface area contributed by atoms with E-state index in [0.29, 0.717) is 24.5 Å². The molecule has 0 unspecified atom stereocenters. The molecular formula is C24H24N4O. The van der Waals surface area contributed by atoms with E-state index < -0.39 is 0 Å². The second kappa shape index (κ2) is 8.61. The van der Waals surface area contributed by atoms with Crippen LogP contribution in [0, 0.1) is 6.92 Å². The molecule has 3 N–H and O–H groups in total. The van der Waals surface area contributed by atoms with Gasteiger partial charge in [0.15, 0.2) is 0 Å². The Morgan fingerprint density at radius 2 is 1.86 bits per heavy atom. The Balaban J connectivity index is 1.34. The van der Waals surface area contributed by atoms with Crippen molar-refractivity contribution in [2.45, 2.75) is 19.9 Å². The summed E-state index contributed by atoms with van der Waals surface area (Å²) < 4.78 is 0. The first-order valence-electron chi connectivity index (χ1n) is 9.78. The number of hydrogen-bond acceptors (Lipinski definition) is 3. The van der Waals surface area contributed by atoms with E-state index in [4.69, 9.17) is 0 Å². The van der Waals surface area contributed by atoms with Gasteiger partial charge in [-0.1, -0.05) is 42.5 Å². The molecular weight excluding hydrogens is 360 g/mol. The lowest BCUT2D eigenvalue weighted by Gasteiger charge is -2.10. The molecule has 4 aromatic rings. The van der Waals surface area contributed by atoms with Crippen LogP contribution in [0.15, 0.2) is 73.1 Å².